The monoisotopic (exact) mass is 348 g/mol. The van der Waals surface area contributed by atoms with Gasteiger partial charge in [0, 0.05) is 0 Å². The van der Waals surface area contributed by atoms with Crippen LogP contribution in [0.3, 0.4) is 0 Å². The van der Waals surface area contributed by atoms with Crippen molar-refractivity contribution >= 4 is 11.9 Å². The van der Waals surface area contributed by atoms with Gasteiger partial charge in [-0.1, -0.05) is 18.2 Å². The zero-order chi connectivity index (χ0) is 18.0. The Morgan fingerprint density at radius 3 is 2.60 bits per heavy atom. The molecule has 0 saturated carbocycles. The number of hydrogen-bond donors (Lipinski definition) is 3. The molecule has 0 spiro atoms. The molecule has 1 amide bonds. The van der Waals surface area contributed by atoms with E-state index in [1.807, 2.05) is 0 Å². The van der Waals surface area contributed by atoms with Gasteiger partial charge in [0.1, 0.15) is 31.2 Å². The fraction of sp³-hybridized carbons (Fsp3) is 0.333. The highest BCUT2D eigenvalue weighted by molar-refractivity contribution is 5.89. The van der Waals surface area contributed by atoms with Crippen molar-refractivity contribution in [3.8, 4) is 0 Å². The number of rotatable bonds is 5. The van der Waals surface area contributed by atoms with Gasteiger partial charge in [-0.25, -0.2) is 14.5 Å². The maximum atomic E-state index is 11.9. The first-order chi connectivity index (χ1) is 12.0. The van der Waals surface area contributed by atoms with E-state index in [0.29, 0.717) is 5.56 Å². The van der Waals surface area contributed by atoms with Gasteiger partial charge >= 0.3 is 5.97 Å². The number of carbonyl (C=O) groups excluding carboxylic acids is 2. The van der Waals surface area contributed by atoms with Crippen LogP contribution in [-0.4, -0.2) is 61.8 Å². The smallest absolute Gasteiger partial charge is 0.338 e. The minimum atomic E-state index is -1.34. The van der Waals surface area contributed by atoms with Gasteiger partial charge in [-0.2, -0.15) is 0 Å². The molecule has 2 aromatic rings. The van der Waals surface area contributed by atoms with Crippen LogP contribution in [0.1, 0.15) is 27.2 Å². The maximum absolute atomic E-state index is 11.9. The molecule has 2 heterocycles. The van der Waals surface area contributed by atoms with Crippen molar-refractivity contribution in [2.45, 2.75) is 24.5 Å². The van der Waals surface area contributed by atoms with Gasteiger partial charge in [0.05, 0.1) is 5.56 Å². The molecule has 25 heavy (non-hydrogen) atoms. The maximum Gasteiger partial charge on any atom is 0.338 e. The number of nitrogens with zero attached hydrogens (tertiary/aromatic N) is 3. The van der Waals surface area contributed by atoms with Gasteiger partial charge < -0.3 is 25.4 Å². The second-order valence-corrected chi connectivity index (χ2v) is 5.42. The summed E-state index contributed by atoms with van der Waals surface area (Å²) in [6.07, 6.45) is -3.55. The Morgan fingerprint density at radius 1 is 1.24 bits per heavy atom. The van der Waals surface area contributed by atoms with E-state index < -0.39 is 36.4 Å². The molecular formula is C15H16N4O6. The number of aliphatic hydroxyl groups is 2. The molecule has 0 radical (unpaired) electrons. The van der Waals surface area contributed by atoms with E-state index in [0.717, 1.165) is 11.0 Å². The van der Waals surface area contributed by atoms with Crippen LogP contribution in [0.4, 0.5) is 0 Å². The second-order valence-electron chi connectivity index (χ2n) is 5.42. The topological polar surface area (TPSA) is 150 Å². The molecule has 10 nitrogen and oxygen atoms in total. The van der Waals surface area contributed by atoms with Crippen LogP contribution in [-0.2, 0) is 9.47 Å². The number of primary amides is 1. The van der Waals surface area contributed by atoms with E-state index in [4.69, 9.17) is 15.2 Å². The van der Waals surface area contributed by atoms with Crippen LogP contribution >= 0.6 is 0 Å². The Labute approximate surface area is 141 Å². The molecule has 1 aromatic heterocycles. The number of ether oxygens (including phenoxy) is 2. The normalized spacial score (nSPS) is 25.7. The van der Waals surface area contributed by atoms with E-state index in [1.54, 1.807) is 30.3 Å². The molecule has 1 aromatic carbocycles. The SMILES string of the molecule is NC(=O)c1ncn([C@@H]2O[C@H](COC(=O)c3ccccc3)[C@@H](O)[C@H]2O)n1. The molecule has 4 N–H and O–H groups in total. The van der Waals surface area contributed by atoms with Gasteiger partial charge in [0.15, 0.2) is 6.23 Å². The summed E-state index contributed by atoms with van der Waals surface area (Å²) in [5.41, 5.74) is 5.42. The Bertz CT molecular complexity index is 764. The number of amides is 1. The lowest BCUT2D eigenvalue weighted by Gasteiger charge is -2.14. The van der Waals surface area contributed by atoms with Gasteiger partial charge in [0.25, 0.3) is 5.91 Å². The fourth-order valence-corrected chi connectivity index (χ4v) is 2.41. The number of aliphatic hydroxyl groups excluding tert-OH is 2. The number of benzene rings is 1. The number of aromatic nitrogens is 3. The zero-order valence-electron chi connectivity index (χ0n) is 12.9. The van der Waals surface area contributed by atoms with Crippen molar-refractivity contribution in [2.75, 3.05) is 6.61 Å². The molecule has 10 heteroatoms. The summed E-state index contributed by atoms with van der Waals surface area (Å²) in [6, 6.07) is 8.33. The third kappa shape index (κ3) is 3.50. The van der Waals surface area contributed by atoms with E-state index in [-0.39, 0.29) is 12.4 Å². The first-order valence-electron chi connectivity index (χ1n) is 7.42. The lowest BCUT2D eigenvalue weighted by Crippen LogP contribution is -2.34. The van der Waals surface area contributed by atoms with Gasteiger partial charge in [-0.15, -0.1) is 5.10 Å². The number of hydrogen-bond acceptors (Lipinski definition) is 8. The number of nitrogens with two attached hydrogens (primary N) is 1. The zero-order valence-corrected chi connectivity index (χ0v) is 12.9. The lowest BCUT2D eigenvalue weighted by atomic mass is 10.1. The Morgan fingerprint density at radius 2 is 1.96 bits per heavy atom. The highest BCUT2D eigenvalue weighted by atomic mass is 16.6. The first-order valence-corrected chi connectivity index (χ1v) is 7.42. The molecule has 3 rings (SSSR count). The third-order valence-electron chi connectivity index (χ3n) is 3.72. The molecule has 1 fully saturated rings. The van der Waals surface area contributed by atoms with Crippen molar-refractivity contribution in [1.82, 2.24) is 14.8 Å². The fourth-order valence-electron chi connectivity index (χ4n) is 2.41. The largest absolute Gasteiger partial charge is 0.459 e. The summed E-state index contributed by atoms with van der Waals surface area (Å²) in [4.78, 5) is 26.6. The van der Waals surface area contributed by atoms with Crippen molar-refractivity contribution in [3.05, 3.63) is 48.0 Å². The van der Waals surface area contributed by atoms with E-state index in [2.05, 4.69) is 10.1 Å². The summed E-state index contributed by atoms with van der Waals surface area (Å²) < 4.78 is 11.7. The molecular weight excluding hydrogens is 332 g/mol. The van der Waals surface area contributed by atoms with Crippen molar-refractivity contribution in [3.63, 3.8) is 0 Å². The number of esters is 1. The van der Waals surface area contributed by atoms with Crippen molar-refractivity contribution in [2.24, 2.45) is 5.73 Å². The van der Waals surface area contributed by atoms with E-state index in [1.165, 1.54) is 0 Å². The highest BCUT2D eigenvalue weighted by Crippen LogP contribution is 2.29. The molecule has 0 aliphatic carbocycles. The van der Waals surface area contributed by atoms with Gasteiger partial charge in [0.2, 0.25) is 5.82 Å². The summed E-state index contributed by atoms with van der Waals surface area (Å²) in [6.45, 7) is -0.264. The van der Waals surface area contributed by atoms with E-state index in [9.17, 15) is 19.8 Å². The van der Waals surface area contributed by atoms with Crippen LogP contribution in [0.15, 0.2) is 36.7 Å². The minimum absolute atomic E-state index is 0.246. The molecule has 1 aliphatic heterocycles. The average Bonchev–Trinajstić information content (AvgIpc) is 3.20. The van der Waals surface area contributed by atoms with Crippen LogP contribution in [0.25, 0.3) is 0 Å². The summed E-state index contributed by atoms with van der Waals surface area (Å²) >= 11 is 0. The summed E-state index contributed by atoms with van der Waals surface area (Å²) in [5.74, 6) is -1.66. The quantitative estimate of drug-likeness (QED) is 0.573. The molecule has 0 unspecified atom stereocenters. The van der Waals surface area contributed by atoms with E-state index >= 15 is 0 Å². The Hall–Kier alpha value is -2.82. The Balaban J connectivity index is 1.63. The van der Waals surface area contributed by atoms with Crippen LogP contribution in [0.5, 0.6) is 0 Å². The summed E-state index contributed by atoms with van der Waals surface area (Å²) in [5, 5.41) is 23.9. The Kier molecular flexibility index (Phi) is 4.74. The van der Waals surface area contributed by atoms with Crippen LogP contribution in [0, 0.1) is 0 Å². The molecule has 1 saturated heterocycles. The average molecular weight is 348 g/mol. The predicted octanol–water partition coefficient (Wildman–Crippen LogP) is -1.15. The third-order valence-corrected chi connectivity index (χ3v) is 3.72. The number of carbonyl (C=O) groups is 2. The predicted molar refractivity (Wildman–Crippen MR) is 81.2 cm³/mol. The van der Waals surface area contributed by atoms with Crippen molar-refractivity contribution in [1.29, 1.82) is 0 Å². The molecule has 132 valence electrons. The van der Waals surface area contributed by atoms with Gasteiger partial charge in [-0.05, 0) is 12.1 Å². The molecule has 4 atom stereocenters. The van der Waals surface area contributed by atoms with Crippen LogP contribution < -0.4 is 5.73 Å². The standard InChI is InChI=1S/C15H16N4O6/c16-12(22)13-17-7-19(18-13)14-11(21)10(20)9(25-14)6-24-15(23)8-4-2-1-3-5-8/h1-5,7,9-11,14,20-21H,6H2,(H2,16,22)/t9-,10-,11-,14-/m1/s1. The molecule has 1 aliphatic rings. The highest BCUT2D eigenvalue weighted by Gasteiger charge is 2.45. The lowest BCUT2D eigenvalue weighted by molar-refractivity contribution is -0.0632. The van der Waals surface area contributed by atoms with Crippen LogP contribution in [0.2, 0.25) is 0 Å². The summed E-state index contributed by atoms with van der Waals surface area (Å²) in [7, 11) is 0. The van der Waals surface area contributed by atoms with Crippen molar-refractivity contribution < 1.29 is 29.3 Å². The van der Waals surface area contributed by atoms with Gasteiger partial charge in [-0.3, -0.25) is 4.79 Å². The second kappa shape index (κ2) is 6.97. The molecule has 0 bridgehead atoms. The first kappa shape index (κ1) is 17.0. The minimum Gasteiger partial charge on any atom is -0.459 e.